The van der Waals surface area contributed by atoms with Crippen LogP contribution in [-0.4, -0.2) is 18.0 Å². The lowest BCUT2D eigenvalue weighted by molar-refractivity contribution is 0.101. The Morgan fingerprint density at radius 3 is 2.54 bits per heavy atom. The molecule has 0 spiro atoms. The number of methoxy groups -OCH3 is 1. The van der Waals surface area contributed by atoms with Crippen molar-refractivity contribution in [3.8, 4) is 22.6 Å². The second-order valence-electron chi connectivity index (χ2n) is 6.25. The Hall–Kier alpha value is -2.29. The number of carbonyl (C=O) groups excluding carboxylic acids is 1. The summed E-state index contributed by atoms with van der Waals surface area (Å²) in [6.45, 7) is 5.68. The third-order valence-corrected chi connectivity index (χ3v) is 4.25. The normalized spacial score (nSPS) is 10.7. The number of phenolic OH excluding ortho intramolecular Hbond substituents is 1. The maximum atomic E-state index is 12.0. The van der Waals surface area contributed by atoms with Gasteiger partial charge in [-0.2, -0.15) is 0 Å². The number of Topliss-reactive ketones (excluding diaryl/α,β-unsaturated/α-hetero) is 1. The van der Waals surface area contributed by atoms with Gasteiger partial charge in [0.15, 0.2) is 5.78 Å². The Balaban J connectivity index is 2.55. The largest absolute Gasteiger partial charge is 0.507 e. The van der Waals surface area contributed by atoms with Crippen LogP contribution in [0.25, 0.3) is 11.1 Å². The molecule has 2 aromatic rings. The number of phenols is 1. The smallest absolute Gasteiger partial charge is 0.160 e. The van der Waals surface area contributed by atoms with Crippen molar-refractivity contribution in [3.63, 3.8) is 0 Å². The third kappa shape index (κ3) is 3.97. The molecule has 0 heterocycles. The minimum Gasteiger partial charge on any atom is -0.507 e. The van der Waals surface area contributed by atoms with Crippen molar-refractivity contribution < 1.29 is 14.6 Å². The SMILES string of the molecule is CCCCCc1cc(O)c(-c2cc(C)ccc2C(C)=O)c(OC)c1. The van der Waals surface area contributed by atoms with E-state index < -0.39 is 0 Å². The van der Waals surface area contributed by atoms with Crippen LogP contribution in [0.15, 0.2) is 30.3 Å². The molecule has 0 saturated carbocycles. The van der Waals surface area contributed by atoms with E-state index >= 15 is 0 Å². The van der Waals surface area contributed by atoms with Crippen molar-refractivity contribution >= 4 is 5.78 Å². The number of ketones is 1. The summed E-state index contributed by atoms with van der Waals surface area (Å²) in [6, 6.07) is 9.39. The van der Waals surface area contributed by atoms with E-state index in [-0.39, 0.29) is 11.5 Å². The number of carbonyl (C=O) groups is 1. The van der Waals surface area contributed by atoms with Gasteiger partial charge in [0.1, 0.15) is 11.5 Å². The summed E-state index contributed by atoms with van der Waals surface area (Å²) in [5.41, 5.74) is 3.98. The second kappa shape index (κ2) is 8.00. The first-order valence-corrected chi connectivity index (χ1v) is 8.49. The number of rotatable bonds is 7. The molecule has 128 valence electrons. The van der Waals surface area contributed by atoms with E-state index in [1.165, 1.54) is 6.92 Å². The Morgan fingerprint density at radius 1 is 1.17 bits per heavy atom. The average Bonchev–Trinajstić information content (AvgIpc) is 2.54. The number of ether oxygens (including phenoxy) is 1. The van der Waals surface area contributed by atoms with Crippen LogP contribution in [0.3, 0.4) is 0 Å². The maximum Gasteiger partial charge on any atom is 0.160 e. The summed E-state index contributed by atoms with van der Waals surface area (Å²) in [7, 11) is 1.59. The predicted molar refractivity (Wildman–Crippen MR) is 98.1 cm³/mol. The molecule has 0 fully saturated rings. The van der Waals surface area contributed by atoms with E-state index in [0.29, 0.717) is 16.9 Å². The summed E-state index contributed by atoms with van der Waals surface area (Å²) in [5, 5.41) is 10.6. The minimum absolute atomic E-state index is 0.0292. The number of unbranched alkanes of at least 4 members (excludes halogenated alkanes) is 2. The fourth-order valence-corrected chi connectivity index (χ4v) is 2.98. The van der Waals surface area contributed by atoms with Crippen molar-refractivity contribution in [3.05, 3.63) is 47.0 Å². The van der Waals surface area contributed by atoms with E-state index in [1.807, 2.05) is 25.1 Å². The molecule has 0 atom stereocenters. The molecule has 0 aliphatic rings. The fraction of sp³-hybridized carbons (Fsp3) is 0.381. The molecule has 3 nitrogen and oxygen atoms in total. The van der Waals surface area contributed by atoms with Crippen LogP contribution in [0.4, 0.5) is 0 Å². The van der Waals surface area contributed by atoms with Gasteiger partial charge in [-0.1, -0.05) is 43.5 Å². The van der Waals surface area contributed by atoms with Gasteiger partial charge in [-0.15, -0.1) is 0 Å². The standard InChI is InChI=1S/C21H26O3/c1-5-6-7-8-16-12-19(23)21(20(13-16)24-4)18-11-14(2)9-10-17(18)15(3)22/h9-13,23H,5-8H2,1-4H3. The Bertz CT molecular complexity index is 732. The summed E-state index contributed by atoms with van der Waals surface area (Å²) in [5.74, 6) is 0.738. The molecule has 0 unspecified atom stereocenters. The highest BCUT2D eigenvalue weighted by atomic mass is 16.5. The number of aryl methyl sites for hydroxylation is 2. The minimum atomic E-state index is -0.0292. The first kappa shape index (κ1) is 18.1. The third-order valence-electron chi connectivity index (χ3n) is 4.25. The lowest BCUT2D eigenvalue weighted by Crippen LogP contribution is -2.00. The van der Waals surface area contributed by atoms with Gasteiger partial charge in [-0.25, -0.2) is 0 Å². The maximum absolute atomic E-state index is 12.0. The summed E-state index contributed by atoms with van der Waals surface area (Å²) in [4.78, 5) is 12.0. The van der Waals surface area contributed by atoms with Crippen LogP contribution in [0, 0.1) is 6.92 Å². The molecule has 2 rings (SSSR count). The number of aromatic hydroxyl groups is 1. The Morgan fingerprint density at radius 2 is 1.92 bits per heavy atom. The first-order chi connectivity index (χ1) is 11.5. The van der Waals surface area contributed by atoms with Gasteiger partial charge in [-0.3, -0.25) is 4.79 Å². The van der Waals surface area contributed by atoms with Gasteiger partial charge in [0.05, 0.1) is 12.7 Å². The van der Waals surface area contributed by atoms with Gasteiger partial charge in [0, 0.05) is 11.1 Å². The molecule has 0 aromatic heterocycles. The van der Waals surface area contributed by atoms with E-state index in [1.54, 1.807) is 19.2 Å². The molecule has 1 N–H and O–H groups in total. The average molecular weight is 326 g/mol. The fourth-order valence-electron chi connectivity index (χ4n) is 2.98. The van der Waals surface area contributed by atoms with Gasteiger partial charge < -0.3 is 9.84 Å². The van der Waals surface area contributed by atoms with E-state index in [4.69, 9.17) is 4.74 Å². The quantitative estimate of drug-likeness (QED) is 0.554. The highest BCUT2D eigenvalue weighted by Gasteiger charge is 2.18. The van der Waals surface area contributed by atoms with Crippen LogP contribution < -0.4 is 4.74 Å². The molecule has 0 saturated heterocycles. The molecular formula is C21H26O3. The van der Waals surface area contributed by atoms with Crippen molar-refractivity contribution in [1.29, 1.82) is 0 Å². The van der Waals surface area contributed by atoms with E-state index in [2.05, 4.69) is 6.92 Å². The molecule has 2 aromatic carbocycles. The van der Waals surface area contributed by atoms with Crippen LogP contribution >= 0.6 is 0 Å². The van der Waals surface area contributed by atoms with Gasteiger partial charge in [0.2, 0.25) is 0 Å². The zero-order valence-corrected chi connectivity index (χ0v) is 15.0. The van der Waals surface area contributed by atoms with Crippen molar-refractivity contribution in [2.45, 2.75) is 46.5 Å². The molecule has 0 radical (unpaired) electrons. The molecule has 0 amide bonds. The Kier molecular flexibility index (Phi) is 6.02. The summed E-state index contributed by atoms with van der Waals surface area (Å²) < 4.78 is 5.53. The number of benzene rings is 2. The summed E-state index contributed by atoms with van der Waals surface area (Å²) >= 11 is 0. The van der Waals surface area contributed by atoms with Crippen LogP contribution in [0.5, 0.6) is 11.5 Å². The molecule has 0 bridgehead atoms. The van der Waals surface area contributed by atoms with Gasteiger partial charge >= 0.3 is 0 Å². The zero-order chi connectivity index (χ0) is 17.7. The lowest BCUT2D eigenvalue weighted by atomic mass is 9.92. The van der Waals surface area contributed by atoms with Gasteiger partial charge in [0.25, 0.3) is 0 Å². The highest BCUT2D eigenvalue weighted by molar-refractivity contribution is 6.02. The molecule has 24 heavy (non-hydrogen) atoms. The molecule has 0 aliphatic heterocycles. The topological polar surface area (TPSA) is 46.5 Å². The van der Waals surface area contributed by atoms with Crippen molar-refractivity contribution in [2.24, 2.45) is 0 Å². The van der Waals surface area contributed by atoms with Crippen molar-refractivity contribution in [1.82, 2.24) is 0 Å². The van der Waals surface area contributed by atoms with E-state index in [9.17, 15) is 9.90 Å². The van der Waals surface area contributed by atoms with Crippen LogP contribution in [0.2, 0.25) is 0 Å². The predicted octanol–water partition coefficient (Wildman–Crippen LogP) is 5.31. The van der Waals surface area contributed by atoms with Gasteiger partial charge in [-0.05, 0) is 44.4 Å². The molecule has 3 heteroatoms. The lowest BCUT2D eigenvalue weighted by Gasteiger charge is -2.16. The zero-order valence-electron chi connectivity index (χ0n) is 15.0. The van der Waals surface area contributed by atoms with Crippen LogP contribution in [-0.2, 0) is 6.42 Å². The molecular weight excluding hydrogens is 300 g/mol. The Labute approximate surface area is 144 Å². The first-order valence-electron chi connectivity index (χ1n) is 8.49. The monoisotopic (exact) mass is 326 g/mol. The highest BCUT2D eigenvalue weighted by Crippen LogP contribution is 2.41. The number of hydrogen-bond donors (Lipinski definition) is 1. The van der Waals surface area contributed by atoms with Crippen LogP contribution in [0.1, 0.15) is 54.6 Å². The second-order valence-corrected chi connectivity index (χ2v) is 6.25. The van der Waals surface area contributed by atoms with E-state index in [0.717, 1.165) is 42.4 Å². The van der Waals surface area contributed by atoms with Crippen molar-refractivity contribution in [2.75, 3.05) is 7.11 Å². The molecule has 0 aliphatic carbocycles. The summed E-state index contributed by atoms with van der Waals surface area (Å²) in [6.07, 6.45) is 4.32. The number of hydrogen-bond acceptors (Lipinski definition) is 3.